The zero-order valence-corrected chi connectivity index (χ0v) is 22.1. The Kier molecular flexibility index (Phi) is 10.4. The summed E-state index contributed by atoms with van der Waals surface area (Å²) in [5.41, 5.74) is 4.35. The molecule has 0 bridgehead atoms. The first-order valence-electron chi connectivity index (χ1n) is 12.2. The molecule has 8 nitrogen and oxygen atoms in total. The lowest BCUT2D eigenvalue weighted by molar-refractivity contribution is -0.153. The maximum Gasteiger partial charge on any atom is 0.326 e. The number of hydroxylamine groups is 1. The van der Waals surface area contributed by atoms with Crippen molar-refractivity contribution in [1.29, 1.82) is 0 Å². The predicted octanol–water partition coefficient (Wildman–Crippen LogP) is 4.01. The highest BCUT2D eigenvalue weighted by molar-refractivity contribution is 7.52. The molecule has 0 spiro atoms. The minimum atomic E-state index is -1.84. The standard InChI is InChI=1S/C28H33N2O6P/c1-4-17-37(34)26(19(2)3)25(30-36-22-9-6-5-7-10-22)27(31)29-23(28(32)33)18-20-12-14-21(15-13-20)24-11-8-16-35-24/h5-16,19,23,25,30H,4,17-18H2,1-3H3,(H,29,31)(H,32,33)/t23-,25-/m0/s1. The van der Waals surface area contributed by atoms with E-state index >= 15 is 0 Å². The number of carbonyl (C=O) groups excluding carboxylic acids is 1. The number of amides is 1. The number of carboxylic acid groups (broad SMARTS) is 1. The molecule has 2 aromatic carbocycles. The van der Waals surface area contributed by atoms with Crippen LogP contribution in [0.15, 0.2) is 77.4 Å². The van der Waals surface area contributed by atoms with Crippen molar-refractivity contribution < 1.29 is 28.8 Å². The molecule has 3 N–H and O–H groups in total. The smallest absolute Gasteiger partial charge is 0.326 e. The monoisotopic (exact) mass is 524 g/mol. The topological polar surface area (TPSA) is 124 Å². The molecule has 1 aromatic heterocycles. The summed E-state index contributed by atoms with van der Waals surface area (Å²) in [7, 11) is -1.84. The van der Waals surface area contributed by atoms with Crippen molar-refractivity contribution in [2.45, 2.75) is 45.7 Å². The number of hydrogen-bond acceptors (Lipinski definition) is 6. The molecule has 0 fully saturated rings. The fraction of sp³-hybridized carbons (Fsp3) is 0.321. The van der Waals surface area contributed by atoms with Crippen molar-refractivity contribution in [3.63, 3.8) is 0 Å². The van der Waals surface area contributed by atoms with Gasteiger partial charge in [-0.25, -0.2) is 4.79 Å². The van der Waals surface area contributed by atoms with Gasteiger partial charge in [0.25, 0.3) is 0 Å². The lowest BCUT2D eigenvalue weighted by Gasteiger charge is -2.24. The summed E-state index contributed by atoms with van der Waals surface area (Å²) < 4.78 is 5.39. The first-order valence-corrected chi connectivity index (χ1v) is 13.7. The Morgan fingerprint density at radius 1 is 1.05 bits per heavy atom. The molecular weight excluding hydrogens is 491 g/mol. The van der Waals surface area contributed by atoms with Crippen LogP contribution in [0, 0.1) is 5.92 Å². The van der Waals surface area contributed by atoms with Crippen LogP contribution in [0.2, 0.25) is 0 Å². The van der Waals surface area contributed by atoms with Crippen molar-refractivity contribution in [3.8, 4) is 17.1 Å². The largest absolute Gasteiger partial charge is 0.630 e. The Hall–Kier alpha value is -3.45. The summed E-state index contributed by atoms with van der Waals surface area (Å²) >= 11 is 0. The number of furan rings is 1. The van der Waals surface area contributed by atoms with E-state index in [1.807, 2.05) is 45.0 Å². The van der Waals surface area contributed by atoms with Crippen LogP contribution in [-0.4, -0.2) is 40.5 Å². The molecule has 9 heteroatoms. The SMILES string of the molecule is CCC[P+]([O-])=C(C(C)C)[C@H](NOc1ccccc1)C(=O)N[C@@H](Cc1ccc(-c2ccco2)cc1)C(=O)O. The Balaban J connectivity index is 1.81. The highest BCUT2D eigenvalue weighted by Crippen LogP contribution is 2.24. The van der Waals surface area contributed by atoms with Gasteiger partial charge in [-0.05, 0) is 36.2 Å². The lowest BCUT2D eigenvalue weighted by atomic mass is 10.0. The second kappa shape index (κ2) is 13.7. The third kappa shape index (κ3) is 8.02. The third-order valence-electron chi connectivity index (χ3n) is 5.72. The highest BCUT2D eigenvalue weighted by atomic mass is 31.1. The van der Waals surface area contributed by atoms with E-state index in [0.717, 1.165) is 11.1 Å². The van der Waals surface area contributed by atoms with Crippen molar-refractivity contribution in [3.05, 3.63) is 78.6 Å². The van der Waals surface area contributed by atoms with Gasteiger partial charge < -0.3 is 24.6 Å². The molecule has 3 atom stereocenters. The summed E-state index contributed by atoms with van der Waals surface area (Å²) in [6.07, 6.45) is 2.76. The fourth-order valence-corrected chi connectivity index (χ4v) is 5.60. The quantitative estimate of drug-likeness (QED) is 0.228. The van der Waals surface area contributed by atoms with Gasteiger partial charge in [0.1, 0.15) is 29.0 Å². The fourth-order valence-electron chi connectivity index (χ4n) is 3.90. The van der Waals surface area contributed by atoms with E-state index in [1.165, 1.54) is 0 Å². The maximum atomic E-state index is 13.5. The molecule has 0 radical (unpaired) electrons. The van der Waals surface area contributed by atoms with Crippen LogP contribution >= 0.6 is 7.77 Å². The summed E-state index contributed by atoms with van der Waals surface area (Å²) in [4.78, 5) is 44.3. The first-order chi connectivity index (χ1) is 17.8. The summed E-state index contributed by atoms with van der Waals surface area (Å²) in [5, 5.41) is 13.0. The van der Waals surface area contributed by atoms with Crippen molar-refractivity contribution in [2.24, 2.45) is 5.92 Å². The number of carbonyl (C=O) groups is 2. The summed E-state index contributed by atoms with van der Waals surface area (Å²) in [6.45, 7) is 5.64. The number of para-hydroxylation sites is 1. The van der Waals surface area contributed by atoms with E-state index in [0.29, 0.717) is 29.4 Å². The molecule has 3 rings (SSSR count). The summed E-state index contributed by atoms with van der Waals surface area (Å²) in [6, 6.07) is 17.5. The molecule has 0 saturated heterocycles. The Bertz CT molecular complexity index is 1180. The molecule has 1 amide bonds. The molecule has 0 aliphatic carbocycles. The van der Waals surface area contributed by atoms with Gasteiger partial charge in [-0.1, -0.05) is 63.2 Å². The molecule has 0 aliphatic rings. The van der Waals surface area contributed by atoms with E-state index in [1.54, 1.807) is 48.7 Å². The van der Waals surface area contributed by atoms with E-state index < -0.39 is 31.7 Å². The lowest BCUT2D eigenvalue weighted by Crippen LogP contribution is -2.56. The number of aliphatic carboxylic acids is 1. The molecule has 1 unspecified atom stereocenters. The number of nitrogens with one attached hydrogen (secondary N) is 2. The van der Waals surface area contributed by atoms with E-state index in [2.05, 4.69) is 10.8 Å². The minimum absolute atomic E-state index is 0.0733. The van der Waals surface area contributed by atoms with E-state index in [4.69, 9.17) is 9.25 Å². The van der Waals surface area contributed by atoms with Gasteiger partial charge in [0.05, 0.1) is 14.0 Å². The summed E-state index contributed by atoms with van der Waals surface area (Å²) in [5.74, 6) is -0.801. The normalized spacial score (nSPS) is 13.5. The second-order valence-electron chi connectivity index (χ2n) is 8.93. The molecule has 3 aromatic rings. The van der Waals surface area contributed by atoms with Crippen LogP contribution < -0.4 is 20.5 Å². The third-order valence-corrected chi connectivity index (χ3v) is 7.92. The number of carboxylic acids is 1. The van der Waals surface area contributed by atoms with Gasteiger partial charge >= 0.3 is 5.97 Å². The van der Waals surface area contributed by atoms with Gasteiger partial charge in [-0.2, -0.15) is 0 Å². The van der Waals surface area contributed by atoms with Gasteiger partial charge in [-0.3, -0.25) is 4.79 Å². The molecule has 196 valence electrons. The van der Waals surface area contributed by atoms with Crippen LogP contribution in [0.25, 0.3) is 11.3 Å². The highest BCUT2D eigenvalue weighted by Gasteiger charge is 2.35. The number of rotatable bonds is 13. The van der Waals surface area contributed by atoms with Gasteiger partial charge in [0.15, 0.2) is 6.04 Å². The Morgan fingerprint density at radius 2 is 1.76 bits per heavy atom. The zero-order chi connectivity index (χ0) is 26.8. The first kappa shape index (κ1) is 28.1. The minimum Gasteiger partial charge on any atom is -0.630 e. The average molecular weight is 525 g/mol. The molecular formula is C28H33N2O6P. The van der Waals surface area contributed by atoms with Crippen LogP contribution in [0.4, 0.5) is 0 Å². The van der Waals surface area contributed by atoms with Crippen LogP contribution in [0.1, 0.15) is 32.8 Å². The van der Waals surface area contributed by atoms with Crippen LogP contribution in [0.3, 0.4) is 0 Å². The molecule has 37 heavy (non-hydrogen) atoms. The predicted molar refractivity (Wildman–Crippen MR) is 143 cm³/mol. The molecule has 0 aliphatic heterocycles. The number of benzene rings is 2. The van der Waals surface area contributed by atoms with Gasteiger partial charge in [0, 0.05) is 17.9 Å². The van der Waals surface area contributed by atoms with Crippen LogP contribution in [-0.2, 0) is 16.0 Å². The van der Waals surface area contributed by atoms with E-state index in [9.17, 15) is 19.6 Å². The van der Waals surface area contributed by atoms with Gasteiger partial charge in [0.2, 0.25) is 5.91 Å². The maximum absolute atomic E-state index is 13.5. The van der Waals surface area contributed by atoms with Crippen LogP contribution in [0.5, 0.6) is 5.75 Å². The van der Waals surface area contributed by atoms with E-state index in [-0.39, 0.29) is 12.3 Å². The Morgan fingerprint density at radius 3 is 2.32 bits per heavy atom. The Labute approximate surface area is 218 Å². The molecule has 0 saturated carbocycles. The zero-order valence-electron chi connectivity index (χ0n) is 21.2. The molecule has 1 heterocycles. The average Bonchev–Trinajstić information content (AvgIpc) is 3.42. The van der Waals surface area contributed by atoms with Gasteiger partial charge in [-0.15, -0.1) is 5.48 Å². The van der Waals surface area contributed by atoms with Crippen molar-refractivity contribution in [2.75, 3.05) is 6.16 Å². The second-order valence-corrected chi connectivity index (χ2v) is 10.6. The van der Waals surface area contributed by atoms with Crippen molar-refractivity contribution in [1.82, 2.24) is 10.8 Å². The van der Waals surface area contributed by atoms with Crippen molar-refractivity contribution >= 4 is 24.9 Å². The number of hydrogen-bond donors (Lipinski definition) is 3.